The lowest BCUT2D eigenvalue weighted by Crippen LogP contribution is -2.26. The highest BCUT2D eigenvalue weighted by Crippen LogP contribution is 2.40. The summed E-state index contributed by atoms with van der Waals surface area (Å²) in [6.45, 7) is 3.23. The minimum absolute atomic E-state index is 0.174. The normalized spacial score (nSPS) is 13.4. The highest BCUT2D eigenvalue weighted by molar-refractivity contribution is 7.92. The zero-order valence-electron chi connectivity index (χ0n) is 15.4. The number of rotatable bonds is 7. The first-order valence-corrected chi connectivity index (χ1v) is 11.0. The van der Waals surface area contributed by atoms with Crippen LogP contribution < -0.4 is 9.46 Å². The lowest BCUT2D eigenvalue weighted by atomic mass is 10.3. The lowest BCUT2D eigenvalue weighted by Gasteiger charge is -2.21. The largest absolute Gasteiger partial charge is 0.456 e. The number of ether oxygens (including phenoxy) is 1. The molecule has 0 aliphatic carbocycles. The lowest BCUT2D eigenvalue weighted by molar-refractivity contribution is -0.197. The number of hydrogen-bond donors (Lipinski definition) is 1. The number of nitrogens with one attached hydrogen (secondary N) is 1. The molecule has 0 unspecified atom stereocenters. The Labute approximate surface area is 169 Å². The van der Waals surface area contributed by atoms with E-state index in [1.54, 1.807) is 38.1 Å². The number of benzene rings is 1. The molecular formula is C17H17F3N4O3S2. The van der Waals surface area contributed by atoms with Crippen molar-refractivity contribution in [2.75, 3.05) is 10.5 Å². The molecule has 0 aliphatic rings. The van der Waals surface area contributed by atoms with E-state index in [0.29, 0.717) is 16.9 Å². The molecule has 0 bridgehead atoms. The summed E-state index contributed by atoms with van der Waals surface area (Å²) in [4.78, 5) is 11.9. The van der Waals surface area contributed by atoms with E-state index in [-0.39, 0.29) is 16.1 Å². The first kappa shape index (κ1) is 21.2. The number of nitrogens with zero attached hydrogens (tertiary/aromatic N) is 3. The van der Waals surface area contributed by atoms with E-state index in [4.69, 9.17) is 4.74 Å². The molecule has 1 N–H and O–H groups in total. The summed E-state index contributed by atoms with van der Waals surface area (Å²) in [6.07, 6.45) is -5.74. The van der Waals surface area contributed by atoms with Crippen LogP contribution >= 0.6 is 11.3 Å². The smallest absolute Gasteiger partial charge is 0.430 e. The third kappa shape index (κ3) is 5.12. The number of halogens is 3. The van der Waals surface area contributed by atoms with Crippen LogP contribution in [0.15, 0.2) is 30.5 Å². The minimum atomic E-state index is -4.77. The fourth-order valence-corrected chi connectivity index (χ4v) is 4.40. The monoisotopic (exact) mass is 446 g/mol. The van der Waals surface area contributed by atoms with Gasteiger partial charge in [0.15, 0.2) is 0 Å². The van der Waals surface area contributed by atoms with Gasteiger partial charge in [-0.15, -0.1) is 11.3 Å². The zero-order valence-corrected chi connectivity index (χ0v) is 17.0. The molecule has 3 aromatic rings. The molecule has 7 nitrogen and oxygen atoms in total. The highest BCUT2D eigenvalue weighted by Gasteiger charge is 2.45. The Morgan fingerprint density at radius 3 is 2.41 bits per heavy atom. The van der Waals surface area contributed by atoms with Crippen molar-refractivity contribution in [2.45, 2.75) is 32.5 Å². The molecule has 0 saturated carbocycles. The SMILES string of the molecule is CCCS(=O)(=O)Nc1nc2ccccc2nc1O[C@H](c1cnc(C)s1)C(F)(F)F. The molecule has 1 aromatic carbocycles. The number of fused-ring (bicyclic) bond motifs is 1. The number of hydrogen-bond acceptors (Lipinski definition) is 7. The molecule has 0 amide bonds. The van der Waals surface area contributed by atoms with Gasteiger partial charge in [0.05, 0.1) is 26.7 Å². The van der Waals surface area contributed by atoms with Gasteiger partial charge in [0.25, 0.3) is 5.88 Å². The van der Waals surface area contributed by atoms with Crippen LogP contribution in [0.3, 0.4) is 0 Å². The fraction of sp³-hybridized carbons (Fsp3) is 0.353. The van der Waals surface area contributed by atoms with Gasteiger partial charge in [-0.3, -0.25) is 4.72 Å². The molecule has 0 spiro atoms. The Balaban J connectivity index is 2.09. The Hall–Kier alpha value is -2.47. The van der Waals surface area contributed by atoms with Gasteiger partial charge in [-0.25, -0.2) is 23.4 Å². The quantitative estimate of drug-likeness (QED) is 0.584. The van der Waals surface area contributed by atoms with Gasteiger partial charge in [-0.2, -0.15) is 13.2 Å². The molecule has 2 heterocycles. The van der Waals surface area contributed by atoms with Crippen LogP contribution in [0.1, 0.15) is 29.3 Å². The summed E-state index contributed by atoms with van der Waals surface area (Å²) in [5.41, 5.74) is 0.577. The van der Waals surface area contributed by atoms with Crippen LogP contribution in [0.5, 0.6) is 5.88 Å². The van der Waals surface area contributed by atoms with Crippen LogP contribution in [0.25, 0.3) is 11.0 Å². The number of thiazole rings is 1. The first-order chi connectivity index (χ1) is 13.6. The number of aromatic nitrogens is 3. The third-order valence-corrected chi connectivity index (χ3v) is 6.09. The van der Waals surface area contributed by atoms with E-state index in [2.05, 4.69) is 19.7 Å². The van der Waals surface area contributed by atoms with Gasteiger partial charge < -0.3 is 4.74 Å². The van der Waals surface area contributed by atoms with E-state index in [0.717, 1.165) is 17.5 Å². The molecule has 2 aromatic heterocycles. The van der Waals surface area contributed by atoms with E-state index in [1.165, 1.54) is 0 Å². The van der Waals surface area contributed by atoms with Crippen molar-refractivity contribution < 1.29 is 26.3 Å². The van der Waals surface area contributed by atoms with Crippen molar-refractivity contribution in [2.24, 2.45) is 0 Å². The molecule has 0 saturated heterocycles. The van der Waals surface area contributed by atoms with Gasteiger partial charge >= 0.3 is 6.18 Å². The molecule has 3 rings (SSSR count). The van der Waals surface area contributed by atoms with Gasteiger partial charge in [0.1, 0.15) is 0 Å². The summed E-state index contributed by atoms with van der Waals surface area (Å²) in [5.74, 6) is -1.18. The predicted molar refractivity (Wildman–Crippen MR) is 104 cm³/mol. The average Bonchev–Trinajstić information content (AvgIpc) is 3.04. The molecule has 0 aliphatic heterocycles. The van der Waals surface area contributed by atoms with Crippen LogP contribution in [0.4, 0.5) is 19.0 Å². The number of sulfonamides is 1. The molecule has 0 radical (unpaired) electrons. The van der Waals surface area contributed by atoms with E-state index < -0.39 is 34.0 Å². The molecule has 156 valence electrons. The second-order valence-electron chi connectivity index (χ2n) is 6.11. The van der Waals surface area contributed by atoms with Gasteiger partial charge in [-0.1, -0.05) is 19.1 Å². The predicted octanol–water partition coefficient (Wildman–Crippen LogP) is 4.23. The van der Waals surface area contributed by atoms with Gasteiger partial charge in [0.2, 0.25) is 21.9 Å². The summed E-state index contributed by atoms with van der Waals surface area (Å²) in [7, 11) is -3.83. The van der Waals surface area contributed by atoms with Gasteiger partial charge in [0, 0.05) is 6.20 Å². The van der Waals surface area contributed by atoms with E-state index in [1.807, 2.05) is 0 Å². The zero-order chi connectivity index (χ0) is 21.2. The second-order valence-corrected chi connectivity index (χ2v) is 9.22. The number of aryl methyl sites for hydroxylation is 1. The molecular weight excluding hydrogens is 429 g/mol. The summed E-state index contributed by atoms with van der Waals surface area (Å²) >= 11 is 0.830. The second kappa shape index (κ2) is 8.11. The van der Waals surface area contributed by atoms with Crippen molar-refractivity contribution in [1.29, 1.82) is 0 Å². The maximum absolute atomic E-state index is 13.7. The minimum Gasteiger partial charge on any atom is -0.456 e. The Kier molecular flexibility index (Phi) is 5.94. The Bertz CT molecular complexity index is 1120. The summed E-state index contributed by atoms with van der Waals surface area (Å²) in [5, 5.41) is 0.436. The number of anilines is 1. The summed E-state index contributed by atoms with van der Waals surface area (Å²) in [6, 6.07) is 6.40. The van der Waals surface area contributed by atoms with Crippen molar-refractivity contribution >= 4 is 38.2 Å². The van der Waals surface area contributed by atoms with Crippen LogP contribution in [0, 0.1) is 6.92 Å². The van der Waals surface area contributed by atoms with E-state index in [9.17, 15) is 21.6 Å². The van der Waals surface area contributed by atoms with Crippen LogP contribution in [-0.4, -0.2) is 35.3 Å². The number of para-hydroxylation sites is 2. The molecule has 12 heteroatoms. The van der Waals surface area contributed by atoms with Gasteiger partial charge in [-0.05, 0) is 25.5 Å². The average molecular weight is 446 g/mol. The Morgan fingerprint density at radius 1 is 1.21 bits per heavy atom. The molecule has 0 fully saturated rings. The molecule has 1 atom stereocenters. The highest BCUT2D eigenvalue weighted by atomic mass is 32.2. The topological polar surface area (TPSA) is 94.1 Å². The standard InChI is InChI=1S/C17H17F3N4O3S2/c1-3-8-29(25,26)24-15-16(23-12-7-5-4-6-11(12)22-15)27-14(17(18,19)20)13-9-21-10(2)28-13/h4-7,9,14H,3,8H2,1-2H3,(H,22,24)/t14-/m1/s1. The van der Waals surface area contributed by atoms with Crippen LogP contribution in [-0.2, 0) is 10.0 Å². The van der Waals surface area contributed by atoms with Crippen molar-refractivity contribution in [3.8, 4) is 5.88 Å². The van der Waals surface area contributed by atoms with Crippen molar-refractivity contribution in [1.82, 2.24) is 15.0 Å². The fourth-order valence-electron chi connectivity index (χ4n) is 2.50. The number of alkyl halides is 3. The Morgan fingerprint density at radius 2 is 1.86 bits per heavy atom. The van der Waals surface area contributed by atoms with Crippen LogP contribution in [0.2, 0.25) is 0 Å². The van der Waals surface area contributed by atoms with E-state index >= 15 is 0 Å². The third-order valence-electron chi connectivity index (χ3n) is 3.69. The maximum Gasteiger partial charge on any atom is 0.430 e. The van der Waals surface area contributed by atoms with Crippen molar-refractivity contribution in [3.63, 3.8) is 0 Å². The first-order valence-electron chi connectivity index (χ1n) is 8.52. The molecule has 29 heavy (non-hydrogen) atoms. The van der Waals surface area contributed by atoms with Crippen molar-refractivity contribution in [3.05, 3.63) is 40.3 Å². The summed E-state index contributed by atoms with van der Waals surface area (Å²) < 4.78 is 72.7. The maximum atomic E-state index is 13.7.